The molecule has 1 unspecified atom stereocenters. The summed E-state index contributed by atoms with van der Waals surface area (Å²) in [7, 11) is 0. The van der Waals surface area contributed by atoms with Crippen LogP contribution in [0.15, 0.2) is 21.4 Å². The number of aromatic amines is 2. The molecule has 0 bridgehead atoms. The second-order valence-corrected chi connectivity index (χ2v) is 5.28. The average molecular weight is 358 g/mol. The van der Waals surface area contributed by atoms with Gasteiger partial charge in [-0.25, -0.2) is 9.59 Å². The van der Waals surface area contributed by atoms with Crippen LogP contribution in [0.2, 0.25) is 0 Å². The molecule has 7 nitrogen and oxygen atoms in total. The second kappa shape index (κ2) is 6.88. The van der Waals surface area contributed by atoms with Gasteiger partial charge in [-0.2, -0.15) is 0 Å². The molecule has 4 N–H and O–H groups in total. The highest BCUT2D eigenvalue weighted by Gasteiger charge is 2.13. The zero-order valence-electron chi connectivity index (χ0n) is 11.4. The van der Waals surface area contributed by atoms with Crippen molar-refractivity contribution in [2.45, 2.75) is 13.0 Å². The van der Waals surface area contributed by atoms with Crippen LogP contribution < -0.4 is 11.4 Å². The molecule has 2 rings (SSSR count). The molecule has 1 aromatic heterocycles. The lowest BCUT2D eigenvalue weighted by molar-refractivity contribution is -0.148. The smallest absolute Gasteiger partial charge is 0.332 e. The van der Waals surface area contributed by atoms with E-state index in [1.165, 1.54) is 0 Å². The van der Waals surface area contributed by atoms with Crippen LogP contribution in [0.1, 0.15) is 18.5 Å². The molecule has 1 atom stereocenters. The molecule has 8 heteroatoms. The summed E-state index contributed by atoms with van der Waals surface area (Å²) < 4.78 is 10.8. The number of benzene rings is 1. The SMILES string of the molecule is CCOC(=O)COCC(N)c1cc2[nH]c(=O)[nH]c2cc1Br. The summed E-state index contributed by atoms with van der Waals surface area (Å²) in [5.41, 5.74) is 7.90. The van der Waals surface area contributed by atoms with Crippen molar-refractivity contribution in [3.05, 3.63) is 32.7 Å². The van der Waals surface area contributed by atoms with Crippen molar-refractivity contribution in [1.29, 1.82) is 0 Å². The number of aromatic nitrogens is 2. The summed E-state index contributed by atoms with van der Waals surface area (Å²) in [6.07, 6.45) is 0. The van der Waals surface area contributed by atoms with Crippen LogP contribution in [0.3, 0.4) is 0 Å². The van der Waals surface area contributed by atoms with Gasteiger partial charge in [0.15, 0.2) is 0 Å². The summed E-state index contributed by atoms with van der Waals surface area (Å²) in [6, 6.07) is 3.11. The number of hydrogen-bond donors (Lipinski definition) is 3. The number of hydrogen-bond acceptors (Lipinski definition) is 5. The molecular weight excluding hydrogens is 342 g/mol. The molecule has 1 heterocycles. The number of halogens is 1. The largest absolute Gasteiger partial charge is 0.464 e. The minimum Gasteiger partial charge on any atom is -0.464 e. The second-order valence-electron chi connectivity index (χ2n) is 4.43. The third-order valence-corrected chi connectivity index (χ3v) is 3.54. The molecule has 0 saturated heterocycles. The Morgan fingerprint density at radius 2 is 2.05 bits per heavy atom. The number of imidazole rings is 1. The Hall–Kier alpha value is -1.64. The van der Waals surface area contributed by atoms with E-state index in [1.807, 2.05) is 0 Å². The lowest BCUT2D eigenvalue weighted by Gasteiger charge is -2.14. The standard InChI is InChI=1S/C13H16BrN3O4/c1-2-21-12(18)6-20-5-9(15)7-3-10-11(4-8(7)14)17-13(19)16-10/h3-4,9H,2,5-6,15H2,1H3,(H2,16,17,19). The molecule has 0 aliphatic heterocycles. The average Bonchev–Trinajstić information content (AvgIpc) is 2.77. The van der Waals surface area contributed by atoms with Crippen LogP contribution in [-0.2, 0) is 14.3 Å². The summed E-state index contributed by atoms with van der Waals surface area (Å²) in [6.45, 7) is 2.07. The van der Waals surface area contributed by atoms with Crippen LogP contribution in [0, 0.1) is 0 Å². The van der Waals surface area contributed by atoms with Gasteiger partial charge in [-0.15, -0.1) is 0 Å². The maximum absolute atomic E-state index is 11.3. The molecule has 114 valence electrons. The molecule has 0 aliphatic carbocycles. The van der Waals surface area contributed by atoms with E-state index in [4.69, 9.17) is 15.2 Å². The predicted molar refractivity (Wildman–Crippen MR) is 81.0 cm³/mol. The summed E-state index contributed by atoms with van der Waals surface area (Å²) in [5.74, 6) is -0.422. The number of carbonyl (C=O) groups excluding carboxylic acids is 1. The minimum atomic E-state index is -0.434. The topological polar surface area (TPSA) is 110 Å². The zero-order valence-corrected chi connectivity index (χ0v) is 13.0. The summed E-state index contributed by atoms with van der Waals surface area (Å²) in [5, 5.41) is 0. The molecule has 0 fully saturated rings. The molecular formula is C13H16BrN3O4. The van der Waals surface area contributed by atoms with E-state index in [0.29, 0.717) is 17.6 Å². The Morgan fingerprint density at radius 1 is 1.38 bits per heavy atom. The number of fused-ring (bicyclic) bond motifs is 1. The maximum atomic E-state index is 11.3. The fourth-order valence-electron chi connectivity index (χ4n) is 1.92. The number of carbonyl (C=O) groups is 1. The van der Waals surface area contributed by atoms with Crippen molar-refractivity contribution in [1.82, 2.24) is 9.97 Å². The highest BCUT2D eigenvalue weighted by molar-refractivity contribution is 9.10. The number of nitrogens with one attached hydrogen (secondary N) is 2. The quantitative estimate of drug-likeness (QED) is 0.672. The van der Waals surface area contributed by atoms with Crippen molar-refractivity contribution in [3.8, 4) is 0 Å². The van der Waals surface area contributed by atoms with Gasteiger partial charge in [-0.1, -0.05) is 15.9 Å². The van der Waals surface area contributed by atoms with E-state index in [-0.39, 0.29) is 18.9 Å². The van der Waals surface area contributed by atoms with E-state index in [0.717, 1.165) is 10.0 Å². The summed E-state index contributed by atoms with van der Waals surface area (Å²) >= 11 is 3.41. The first-order valence-electron chi connectivity index (χ1n) is 6.41. The molecule has 0 amide bonds. The van der Waals surface area contributed by atoms with E-state index in [1.54, 1.807) is 19.1 Å². The number of nitrogens with two attached hydrogens (primary N) is 1. The normalized spacial score (nSPS) is 12.5. The van der Waals surface area contributed by atoms with Gasteiger partial charge in [-0.05, 0) is 24.6 Å². The van der Waals surface area contributed by atoms with Gasteiger partial charge < -0.3 is 25.2 Å². The highest BCUT2D eigenvalue weighted by Crippen LogP contribution is 2.26. The van der Waals surface area contributed by atoms with Gasteiger partial charge in [0.1, 0.15) is 6.61 Å². The molecule has 2 aromatic rings. The Balaban J connectivity index is 2.04. The van der Waals surface area contributed by atoms with Crippen molar-refractivity contribution in [3.63, 3.8) is 0 Å². The van der Waals surface area contributed by atoms with Crippen LogP contribution in [-0.4, -0.2) is 35.8 Å². The number of rotatable bonds is 6. The van der Waals surface area contributed by atoms with Gasteiger partial charge in [0.05, 0.1) is 30.3 Å². The third kappa shape index (κ3) is 3.93. The predicted octanol–water partition coefficient (Wildman–Crippen LogP) is 1.20. The van der Waals surface area contributed by atoms with Crippen molar-refractivity contribution in [2.75, 3.05) is 19.8 Å². The Morgan fingerprint density at radius 3 is 2.71 bits per heavy atom. The Labute approximate surface area is 128 Å². The first kappa shape index (κ1) is 15.7. The van der Waals surface area contributed by atoms with Gasteiger partial charge in [0, 0.05) is 4.47 Å². The lowest BCUT2D eigenvalue weighted by atomic mass is 10.1. The number of ether oxygens (including phenoxy) is 2. The van der Waals surface area contributed by atoms with E-state index >= 15 is 0 Å². The number of esters is 1. The monoisotopic (exact) mass is 357 g/mol. The van der Waals surface area contributed by atoms with Crippen LogP contribution >= 0.6 is 15.9 Å². The molecule has 1 aromatic carbocycles. The molecule has 0 aliphatic rings. The molecule has 0 radical (unpaired) electrons. The molecule has 0 spiro atoms. The highest BCUT2D eigenvalue weighted by atomic mass is 79.9. The fourth-order valence-corrected chi connectivity index (χ4v) is 2.56. The number of H-pyrrole nitrogens is 2. The molecule has 0 saturated carbocycles. The van der Waals surface area contributed by atoms with E-state index in [9.17, 15) is 9.59 Å². The van der Waals surface area contributed by atoms with Crippen molar-refractivity contribution >= 4 is 32.9 Å². The zero-order chi connectivity index (χ0) is 15.4. The Kier molecular flexibility index (Phi) is 5.16. The van der Waals surface area contributed by atoms with E-state index < -0.39 is 12.0 Å². The van der Waals surface area contributed by atoms with Gasteiger partial charge in [0.25, 0.3) is 0 Å². The van der Waals surface area contributed by atoms with E-state index in [2.05, 4.69) is 25.9 Å². The maximum Gasteiger partial charge on any atom is 0.332 e. The van der Waals surface area contributed by atoms with Gasteiger partial charge in [-0.3, -0.25) is 0 Å². The minimum absolute atomic E-state index is 0.137. The first-order chi connectivity index (χ1) is 10.0. The van der Waals surface area contributed by atoms with Crippen LogP contribution in [0.5, 0.6) is 0 Å². The van der Waals surface area contributed by atoms with Crippen LogP contribution in [0.25, 0.3) is 11.0 Å². The third-order valence-electron chi connectivity index (χ3n) is 2.86. The Bertz CT molecular complexity index is 694. The van der Waals surface area contributed by atoms with Gasteiger partial charge >= 0.3 is 11.7 Å². The fraction of sp³-hybridized carbons (Fsp3) is 0.385. The first-order valence-corrected chi connectivity index (χ1v) is 7.21. The van der Waals surface area contributed by atoms with Crippen molar-refractivity contribution in [2.24, 2.45) is 5.73 Å². The lowest BCUT2D eigenvalue weighted by Crippen LogP contribution is -2.21. The van der Waals surface area contributed by atoms with Gasteiger partial charge in [0.2, 0.25) is 0 Å². The van der Waals surface area contributed by atoms with Crippen molar-refractivity contribution < 1.29 is 14.3 Å². The van der Waals surface area contributed by atoms with Crippen LogP contribution in [0.4, 0.5) is 0 Å². The molecule has 21 heavy (non-hydrogen) atoms. The summed E-state index contributed by atoms with van der Waals surface area (Å²) in [4.78, 5) is 27.8.